The number of hydrogen-bond donors (Lipinski definition) is 0. The summed E-state index contributed by atoms with van der Waals surface area (Å²) in [6.07, 6.45) is 5.45. The van der Waals surface area contributed by atoms with E-state index in [0.29, 0.717) is 6.10 Å². The zero-order valence-corrected chi connectivity index (χ0v) is 8.83. The summed E-state index contributed by atoms with van der Waals surface area (Å²) in [6, 6.07) is 8.59. The Morgan fingerprint density at radius 2 is 2.14 bits per heavy atom. The van der Waals surface area contributed by atoms with E-state index in [1.54, 1.807) is 0 Å². The minimum Gasteiger partial charge on any atom is -0.369 e. The van der Waals surface area contributed by atoms with E-state index >= 15 is 0 Å². The highest BCUT2D eigenvalue weighted by Crippen LogP contribution is 2.33. The maximum Gasteiger partial charge on any atom is 0.0833 e. The third-order valence-electron chi connectivity index (χ3n) is 2.91. The van der Waals surface area contributed by atoms with Crippen LogP contribution in [0.1, 0.15) is 49.8 Å². The Labute approximate surface area is 86.1 Å². The van der Waals surface area contributed by atoms with Gasteiger partial charge in [0.25, 0.3) is 0 Å². The fraction of sp³-hybridized carbons (Fsp3) is 0.538. The van der Waals surface area contributed by atoms with Gasteiger partial charge in [-0.2, -0.15) is 0 Å². The molecule has 1 aliphatic heterocycles. The van der Waals surface area contributed by atoms with Gasteiger partial charge in [0.1, 0.15) is 0 Å². The average Bonchev–Trinajstić information content (AvgIpc) is 2.63. The smallest absolute Gasteiger partial charge is 0.0833 e. The average molecular weight is 190 g/mol. The third-order valence-corrected chi connectivity index (χ3v) is 2.91. The molecule has 14 heavy (non-hydrogen) atoms. The molecule has 1 aromatic rings. The van der Waals surface area contributed by atoms with Crippen molar-refractivity contribution in [3.8, 4) is 0 Å². The third kappa shape index (κ3) is 1.98. The molecule has 1 unspecified atom stereocenters. The van der Waals surface area contributed by atoms with E-state index in [4.69, 9.17) is 4.74 Å². The zero-order chi connectivity index (χ0) is 9.80. The first-order chi connectivity index (χ1) is 6.92. The molecule has 0 bridgehead atoms. The van der Waals surface area contributed by atoms with Crippen LogP contribution < -0.4 is 0 Å². The highest BCUT2D eigenvalue weighted by molar-refractivity contribution is 5.31. The zero-order valence-electron chi connectivity index (χ0n) is 8.83. The normalized spacial score (nSPS) is 19.6. The van der Waals surface area contributed by atoms with Crippen molar-refractivity contribution in [1.29, 1.82) is 0 Å². The van der Waals surface area contributed by atoms with Gasteiger partial charge in [-0.1, -0.05) is 50.5 Å². The second-order valence-corrected chi connectivity index (χ2v) is 3.99. The Kier molecular flexibility index (Phi) is 3.20. The topological polar surface area (TPSA) is 9.23 Å². The molecule has 0 amide bonds. The minimum atomic E-state index is 0.373. The predicted molar refractivity (Wildman–Crippen MR) is 58.1 cm³/mol. The monoisotopic (exact) mass is 190 g/mol. The molecule has 0 aliphatic carbocycles. The summed E-state index contributed by atoms with van der Waals surface area (Å²) in [6.45, 7) is 3.05. The first-order valence-corrected chi connectivity index (χ1v) is 5.61. The van der Waals surface area contributed by atoms with Crippen LogP contribution in [0.15, 0.2) is 24.3 Å². The van der Waals surface area contributed by atoms with Crippen LogP contribution in [-0.2, 0) is 11.3 Å². The Hall–Kier alpha value is -0.820. The summed E-state index contributed by atoms with van der Waals surface area (Å²) in [5.41, 5.74) is 2.80. The molecule has 1 heterocycles. The predicted octanol–water partition coefficient (Wildman–Crippen LogP) is 3.84. The number of rotatable bonds is 4. The maximum absolute atomic E-state index is 5.77. The van der Waals surface area contributed by atoms with Crippen molar-refractivity contribution in [3.63, 3.8) is 0 Å². The molecule has 0 radical (unpaired) electrons. The van der Waals surface area contributed by atoms with Crippen molar-refractivity contribution in [2.75, 3.05) is 0 Å². The van der Waals surface area contributed by atoms with Crippen LogP contribution in [0.4, 0.5) is 0 Å². The number of fused-ring (bicyclic) bond motifs is 1. The first kappa shape index (κ1) is 9.72. The second kappa shape index (κ2) is 4.61. The van der Waals surface area contributed by atoms with Gasteiger partial charge in [-0.3, -0.25) is 0 Å². The molecule has 1 nitrogen and oxygen atoms in total. The van der Waals surface area contributed by atoms with Gasteiger partial charge >= 0.3 is 0 Å². The van der Waals surface area contributed by atoms with Crippen LogP contribution in [0.5, 0.6) is 0 Å². The molecule has 0 saturated carbocycles. The Balaban J connectivity index is 1.96. The van der Waals surface area contributed by atoms with E-state index in [0.717, 1.165) is 6.61 Å². The molecule has 76 valence electrons. The van der Waals surface area contributed by atoms with E-state index < -0.39 is 0 Å². The van der Waals surface area contributed by atoms with Crippen LogP contribution in [0, 0.1) is 0 Å². The van der Waals surface area contributed by atoms with E-state index in [9.17, 15) is 0 Å². The Morgan fingerprint density at radius 3 is 3.00 bits per heavy atom. The molecule has 1 atom stereocenters. The number of unbranched alkanes of at least 4 members (excludes halogenated alkanes) is 2. The van der Waals surface area contributed by atoms with Crippen molar-refractivity contribution >= 4 is 0 Å². The van der Waals surface area contributed by atoms with Gasteiger partial charge in [-0.05, 0) is 17.5 Å². The lowest BCUT2D eigenvalue weighted by atomic mass is 10.0. The van der Waals surface area contributed by atoms with Crippen LogP contribution in [-0.4, -0.2) is 0 Å². The van der Waals surface area contributed by atoms with Crippen LogP contribution >= 0.6 is 0 Å². The molecular weight excluding hydrogens is 172 g/mol. The summed E-state index contributed by atoms with van der Waals surface area (Å²) in [7, 11) is 0. The van der Waals surface area contributed by atoms with Crippen molar-refractivity contribution in [1.82, 2.24) is 0 Å². The highest BCUT2D eigenvalue weighted by atomic mass is 16.5. The van der Waals surface area contributed by atoms with E-state index in [1.165, 1.54) is 36.8 Å². The van der Waals surface area contributed by atoms with Gasteiger partial charge in [0.05, 0.1) is 12.7 Å². The van der Waals surface area contributed by atoms with E-state index in [-0.39, 0.29) is 0 Å². The molecule has 1 heteroatoms. The fourth-order valence-electron chi connectivity index (χ4n) is 2.08. The highest BCUT2D eigenvalue weighted by Gasteiger charge is 2.21. The number of benzene rings is 1. The Bertz CT molecular complexity index is 293. The lowest BCUT2D eigenvalue weighted by molar-refractivity contribution is 0.0583. The number of hydrogen-bond acceptors (Lipinski definition) is 1. The second-order valence-electron chi connectivity index (χ2n) is 3.99. The maximum atomic E-state index is 5.77. The van der Waals surface area contributed by atoms with Crippen molar-refractivity contribution in [2.45, 2.75) is 45.3 Å². The summed E-state index contributed by atoms with van der Waals surface area (Å²) >= 11 is 0. The van der Waals surface area contributed by atoms with Crippen molar-refractivity contribution in [2.24, 2.45) is 0 Å². The summed E-state index contributed by atoms with van der Waals surface area (Å²) in [5.74, 6) is 0. The van der Waals surface area contributed by atoms with Gasteiger partial charge in [0, 0.05) is 0 Å². The summed E-state index contributed by atoms with van der Waals surface area (Å²) in [4.78, 5) is 0. The SMILES string of the molecule is CCCCCC1OCc2ccccc21. The first-order valence-electron chi connectivity index (χ1n) is 5.61. The largest absolute Gasteiger partial charge is 0.369 e. The van der Waals surface area contributed by atoms with Crippen molar-refractivity contribution in [3.05, 3.63) is 35.4 Å². The molecule has 0 N–H and O–H groups in total. The van der Waals surface area contributed by atoms with Crippen LogP contribution in [0.3, 0.4) is 0 Å². The molecule has 2 rings (SSSR count). The standard InChI is InChI=1S/C13H18O/c1-2-3-4-9-13-12-8-6-5-7-11(12)10-14-13/h5-8,13H,2-4,9-10H2,1H3. The molecule has 0 saturated heterocycles. The van der Waals surface area contributed by atoms with Crippen LogP contribution in [0.2, 0.25) is 0 Å². The minimum absolute atomic E-state index is 0.373. The molecule has 0 fully saturated rings. The lowest BCUT2D eigenvalue weighted by Gasteiger charge is -2.09. The van der Waals surface area contributed by atoms with Gasteiger partial charge in [-0.25, -0.2) is 0 Å². The van der Waals surface area contributed by atoms with Crippen molar-refractivity contribution < 1.29 is 4.74 Å². The molecule has 0 spiro atoms. The molecular formula is C13H18O. The Morgan fingerprint density at radius 1 is 1.29 bits per heavy atom. The number of ether oxygens (including phenoxy) is 1. The quantitative estimate of drug-likeness (QED) is 0.655. The summed E-state index contributed by atoms with van der Waals surface area (Å²) in [5, 5.41) is 0. The van der Waals surface area contributed by atoms with E-state index in [1.807, 2.05) is 0 Å². The summed E-state index contributed by atoms with van der Waals surface area (Å²) < 4.78 is 5.77. The fourth-order valence-corrected chi connectivity index (χ4v) is 2.08. The lowest BCUT2D eigenvalue weighted by Crippen LogP contribution is -1.95. The van der Waals surface area contributed by atoms with Crippen LogP contribution in [0.25, 0.3) is 0 Å². The van der Waals surface area contributed by atoms with Gasteiger partial charge < -0.3 is 4.74 Å². The molecule has 1 aromatic carbocycles. The van der Waals surface area contributed by atoms with Gasteiger partial charge in [0.15, 0.2) is 0 Å². The molecule has 1 aliphatic rings. The molecule has 0 aromatic heterocycles. The van der Waals surface area contributed by atoms with E-state index in [2.05, 4.69) is 31.2 Å². The van der Waals surface area contributed by atoms with Gasteiger partial charge in [0.2, 0.25) is 0 Å². The van der Waals surface area contributed by atoms with Gasteiger partial charge in [-0.15, -0.1) is 0 Å².